The molecule has 0 amide bonds. The third kappa shape index (κ3) is 2.45. The first-order valence-electron chi connectivity index (χ1n) is 7.90. The fourth-order valence-electron chi connectivity index (χ4n) is 3.40. The van der Waals surface area contributed by atoms with Gasteiger partial charge < -0.3 is 5.32 Å². The van der Waals surface area contributed by atoms with Crippen LogP contribution in [0.3, 0.4) is 0 Å². The Labute approximate surface area is 120 Å². The van der Waals surface area contributed by atoms with Gasteiger partial charge in [0.25, 0.3) is 0 Å². The molecule has 2 nitrogen and oxygen atoms in total. The molecule has 0 aliphatic heterocycles. The zero-order chi connectivity index (χ0) is 13.5. The van der Waals surface area contributed by atoms with Gasteiger partial charge in [0.2, 0.25) is 0 Å². The van der Waals surface area contributed by atoms with Crippen molar-refractivity contribution in [2.24, 2.45) is 11.8 Å². The summed E-state index contributed by atoms with van der Waals surface area (Å²) in [4.78, 5) is 4.63. The molecule has 2 fully saturated rings. The minimum Gasteiger partial charge on any atom is -0.309 e. The molecule has 0 atom stereocenters. The van der Waals surface area contributed by atoms with Crippen molar-refractivity contribution >= 4 is 10.9 Å². The normalized spacial score (nSPS) is 18.9. The second kappa shape index (κ2) is 4.85. The Kier molecular flexibility index (Phi) is 2.99. The van der Waals surface area contributed by atoms with Gasteiger partial charge in [-0.1, -0.05) is 18.2 Å². The van der Waals surface area contributed by atoms with Gasteiger partial charge in [-0.15, -0.1) is 0 Å². The first kappa shape index (κ1) is 12.3. The molecule has 1 aromatic heterocycles. The van der Waals surface area contributed by atoms with Gasteiger partial charge >= 0.3 is 0 Å². The summed E-state index contributed by atoms with van der Waals surface area (Å²) in [5, 5.41) is 5.15. The number of benzene rings is 1. The van der Waals surface area contributed by atoms with E-state index in [1.54, 1.807) is 0 Å². The van der Waals surface area contributed by atoms with Crippen LogP contribution in [-0.4, -0.2) is 11.0 Å². The monoisotopic (exact) mass is 266 g/mol. The van der Waals surface area contributed by atoms with Crippen molar-refractivity contribution < 1.29 is 0 Å². The molecule has 104 valence electrons. The molecule has 2 aliphatic rings. The number of fused-ring (bicyclic) bond motifs is 1. The second-order valence-corrected chi connectivity index (χ2v) is 6.52. The highest BCUT2D eigenvalue weighted by molar-refractivity contribution is 5.82. The number of nitrogens with one attached hydrogen (secondary N) is 1. The number of hydrogen-bond acceptors (Lipinski definition) is 2. The van der Waals surface area contributed by atoms with Crippen LogP contribution < -0.4 is 5.32 Å². The van der Waals surface area contributed by atoms with Crippen LogP contribution >= 0.6 is 0 Å². The van der Waals surface area contributed by atoms with E-state index in [4.69, 9.17) is 0 Å². The third-order valence-electron chi connectivity index (χ3n) is 4.72. The van der Waals surface area contributed by atoms with Crippen LogP contribution in [0.15, 0.2) is 30.3 Å². The van der Waals surface area contributed by atoms with E-state index in [-0.39, 0.29) is 0 Å². The molecular formula is C18H22N2. The largest absolute Gasteiger partial charge is 0.309 e. The summed E-state index contributed by atoms with van der Waals surface area (Å²) >= 11 is 0. The van der Waals surface area contributed by atoms with Crippen LogP contribution in [0.25, 0.3) is 10.9 Å². The van der Waals surface area contributed by atoms with Crippen molar-refractivity contribution in [3.05, 3.63) is 41.6 Å². The highest BCUT2D eigenvalue weighted by atomic mass is 14.9. The van der Waals surface area contributed by atoms with E-state index in [1.807, 2.05) is 0 Å². The number of para-hydroxylation sites is 1. The molecule has 0 radical (unpaired) electrons. The van der Waals surface area contributed by atoms with Crippen molar-refractivity contribution in [3.63, 3.8) is 0 Å². The van der Waals surface area contributed by atoms with Crippen LogP contribution in [0.5, 0.6) is 0 Å². The van der Waals surface area contributed by atoms with E-state index in [9.17, 15) is 0 Å². The van der Waals surface area contributed by atoms with Crippen LogP contribution in [0.2, 0.25) is 0 Å². The summed E-state index contributed by atoms with van der Waals surface area (Å²) in [6, 6.07) is 11.5. The van der Waals surface area contributed by atoms with Crippen molar-refractivity contribution in [2.45, 2.75) is 45.2 Å². The summed E-state index contributed by atoms with van der Waals surface area (Å²) in [5.74, 6) is 1.91. The predicted octanol–water partition coefficient (Wildman–Crippen LogP) is 3.82. The van der Waals surface area contributed by atoms with E-state index < -0.39 is 0 Å². The lowest BCUT2D eigenvalue weighted by atomic mass is 10.0. The summed E-state index contributed by atoms with van der Waals surface area (Å²) in [6.07, 6.45) is 5.74. The molecule has 0 bridgehead atoms. The zero-order valence-corrected chi connectivity index (χ0v) is 12.1. The Balaban J connectivity index is 1.58. The van der Waals surface area contributed by atoms with Crippen LogP contribution in [0.4, 0.5) is 0 Å². The highest BCUT2D eigenvalue weighted by Crippen LogP contribution is 2.44. The third-order valence-corrected chi connectivity index (χ3v) is 4.72. The van der Waals surface area contributed by atoms with E-state index >= 15 is 0 Å². The summed E-state index contributed by atoms with van der Waals surface area (Å²) in [7, 11) is 0. The van der Waals surface area contributed by atoms with Crippen LogP contribution in [-0.2, 0) is 6.54 Å². The lowest BCUT2D eigenvalue weighted by Gasteiger charge is -2.18. The van der Waals surface area contributed by atoms with E-state index in [0.717, 1.165) is 35.6 Å². The Morgan fingerprint density at radius 3 is 2.55 bits per heavy atom. The van der Waals surface area contributed by atoms with E-state index in [1.165, 1.54) is 36.6 Å². The molecule has 1 N–H and O–H groups in total. The molecule has 0 unspecified atom stereocenters. The van der Waals surface area contributed by atoms with Crippen LogP contribution in [0, 0.1) is 18.8 Å². The Hall–Kier alpha value is -1.41. The maximum atomic E-state index is 4.63. The second-order valence-electron chi connectivity index (χ2n) is 6.52. The first-order chi connectivity index (χ1) is 9.81. The standard InChI is InChI=1S/C18H22N2/c1-12-10-15(16-4-2-3-5-17(16)20-12)11-19-18(13-6-7-13)14-8-9-14/h2-5,10,13-14,18-19H,6-9,11H2,1H3. The molecule has 20 heavy (non-hydrogen) atoms. The quantitative estimate of drug-likeness (QED) is 0.890. The van der Waals surface area contributed by atoms with Gasteiger partial charge in [0.15, 0.2) is 0 Å². The van der Waals surface area contributed by atoms with Gasteiger partial charge in [-0.3, -0.25) is 4.98 Å². The molecule has 2 aliphatic carbocycles. The molecule has 2 aromatic rings. The fraction of sp³-hybridized carbons (Fsp3) is 0.500. The topological polar surface area (TPSA) is 24.9 Å². The van der Waals surface area contributed by atoms with Crippen molar-refractivity contribution in [2.75, 3.05) is 0 Å². The molecule has 2 saturated carbocycles. The first-order valence-corrected chi connectivity index (χ1v) is 7.90. The number of aromatic nitrogens is 1. The lowest BCUT2D eigenvalue weighted by molar-refractivity contribution is 0.416. The summed E-state index contributed by atoms with van der Waals surface area (Å²) in [5.41, 5.74) is 3.65. The van der Waals surface area contributed by atoms with Gasteiger partial charge in [-0.05, 0) is 62.1 Å². The van der Waals surface area contributed by atoms with Crippen LogP contribution in [0.1, 0.15) is 36.9 Å². The molecule has 4 rings (SSSR count). The number of hydrogen-bond donors (Lipinski definition) is 1. The van der Waals surface area contributed by atoms with Gasteiger partial charge in [-0.2, -0.15) is 0 Å². The van der Waals surface area contributed by atoms with Gasteiger partial charge in [-0.25, -0.2) is 0 Å². The van der Waals surface area contributed by atoms with E-state index in [2.05, 4.69) is 47.6 Å². The number of rotatable bonds is 5. The Morgan fingerprint density at radius 2 is 1.85 bits per heavy atom. The minimum atomic E-state index is 0.766. The van der Waals surface area contributed by atoms with Gasteiger partial charge in [0.1, 0.15) is 0 Å². The predicted molar refractivity (Wildman–Crippen MR) is 82.6 cm³/mol. The maximum Gasteiger partial charge on any atom is 0.0708 e. The average molecular weight is 266 g/mol. The zero-order valence-electron chi connectivity index (χ0n) is 12.1. The molecule has 0 saturated heterocycles. The average Bonchev–Trinajstić information content (AvgIpc) is 3.32. The number of pyridine rings is 1. The van der Waals surface area contributed by atoms with Crippen molar-refractivity contribution in [1.29, 1.82) is 0 Å². The molecule has 1 heterocycles. The Bertz CT molecular complexity index is 614. The summed E-state index contributed by atoms with van der Waals surface area (Å²) in [6.45, 7) is 3.08. The highest BCUT2D eigenvalue weighted by Gasteiger charge is 2.40. The van der Waals surface area contributed by atoms with Crippen molar-refractivity contribution in [1.82, 2.24) is 10.3 Å². The van der Waals surface area contributed by atoms with Gasteiger partial charge in [0, 0.05) is 23.7 Å². The minimum absolute atomic E-state index is 0.766. The maximum absolute atomic E-state index is 4.63. The summed E-state index contributed by atoms with van der Waals surface area (Å²) < 4.78 is 0. The van der Waals surface area contributed by atoms with E-state index in [0.29, 0.717) is 0 Å². The van der Waals surface area contributed by atoms with Gasteiger partial charge in [0.05, 0.1) is 5.52 Å². The fourth-order valence-corrected chi connectivity index (χ4v) is 3.40. The molecular weight excluding hydrogens is 244 g/mol. The molecule has 2 heteroatoms. The number of nitrogens with zero attached hydrogens (tertiary/aromatic N) is 1. The SMILES string of the molecule is Cc1cc(CNC(C2CC2)C2CC2)c2ccccc2n1. The molecule has 1 aromatic carbocycles. The van der Waals surface area contributed by atoms with Crippen molar-refractivity contribution in [3.8, 4) is 0 Å². The lowest BCUT2D eigenvalue weighted by Crippen LogP contribution is -2.32. The smallest absolute Gasteiger partial charge is 0.0708 e. The number of aryl methyl sites for hydroxylation is 1. The Morgan fingerprint density at radius 1 is 1.15 bits per heavy atom. The molecule has 0 spiro atoms.